The first-order valence-corrected chi connectivity index (χ1v) is 9.43. The predicted octanol–water partition coefficient (Wildman–Crippen LogP) is 2.48. The number of rotatable bonds is 3. The van der Waals surface area contributed by atoms with Crippen LogP contribution in [0.5, 0.6) is 0 Å². The molecule has 1 aliphatic rings. The van der Waals surface area contributed by atoms with Gasteiger partial charge in [0.05, 0.1) is 15.9 Å². The van der Waals surface area contributed by atoms with Gasteiger partial charge in [-0.2, -0.15) is 0 Å². The Labute approximate surface area is 140 Å². The Morgan fingerprint density at radius 2 is 1.75 bits per heavy atom. The van der Waals surface area contributed by atoms with Gasteiger partial charge in [0.1, 0.15) is 5.82 Å². The van der Waals surface area contributed by atoms with Gasteiger partial charge in [-0.05, 0) is 55.3 Å². The van der Waals surface area contributed by atoms with E-state index in [1.807, 2.05) is 12.1 Å². The van der Waals surface area contributed by atoms with Crippen LogP contribution in [-0.4, -0.2) is 31.5 Å². The van der Waals surface area contributed by atoms with E-state index in [4.69, 9.17) is 5.14 Å². The first-order chi connectivity index (χ1) is 11.5. The van der Waals surface area contributed by atoms with E-state index < -0.39 is 10.0 Å². The molecular weight excluding hydrogens is 324 g/mol. The van der Waals surface area contributed by atoms with Gasteiger partial charge < -0.3 is 9.88 Å². The van der Waals surface area contributed by atoms with E-state index in [0.29, 0.717) is 16.9 Å². The average Bonchev–Trinajstić information content (AvgIpc) is 3.23. The molecule has 6 nitrogen and oxygen atoms in total. The number of primary sulfonamides is 1. The molecule has 0 atom stereocenters. The molecule has 0 bridgehead atoms. The lowest BCUT2D eigenvalue weighted by Gasteiger charge is -2.17. The maximum atomic E-state index is 11.5. The zero-order chi connectivity index (χ0) is 16.7. The first-order valence-electron chi connectivity index (χ1n) is 7.89. The Morgan fingerprint density at radius 3 is 2.42 bits per heavy atom. The molecule has 1 saturated heterocycles. The van der Waals surface area contributed by atoms with Gasteiger partial charge >= 0.3 is 0 Å². The van der Waals surface area contributed by atoms with Crippen LogP contribution < -0.4 is 10.0 Å². The number of hydrogen-bond donors (Lipinski definition) is 2. The molecule has 0 radical (unpaired) electrons. The number of hydrogen-bond acceptors (Lipinski definition) is 4. The number of anilines is 1. The smallest absolute Gasteiger partial charge is 0.238 e. The zero-order valence-electron chi connectivity index (χ0n) is 13.1. The molecule has 24 heavy (non-hydrogen) atoms. The largest absolute Gasteiger partial charge is 0.372 e. The van der Waals surface area contributed by atoms with Crippen molar-refractivity contribution < 1.29 is 8.42 Å². The number of imidazole rings is 1. The number of sulfonamides is 1. The molecule has 0 aliphatic carbocycles. The van der Waals surface area contributed by atoms with Gasteiger partial charge in [-0.1, -0.05) is 0 Å². The van der Waals surface area contributed by atoms with Crippen LogP contribution in [0.25, 0.3) is 22.4 Å². The fourth-order valence-electron chi connectivity index (χ4n) is 3.11. The molecule has 2 aromatic carbocycles. The van der Waals surface area contributed by atoms with E-state index in [0.717, 1.165) is 18.7 Å². The summed E-state index contributed by atoms with van der Waals surface area (Å²) in [5, 5.41) is 5.18. The van der Waals surface area contributed by atoms with Gasteiger partial charge in [0.25, 0.3) is 0 Å². The molecule has 0 saturated carbocycles. The van der Waals surface area contributed by atoms with Crippen molar-refractivity contribution in [2.24, 2.45) is 5.14 Å². The van der Waals surface area contributed by atoms with Crippen LogP contribution in [0.4, 0.5) is 5.69 Å². The van der Waals surface area contributed by atoms with E-state index in [1.54, 1.807) is 6.07 Å². The van der Waals surface area contributed by atoms with E-state index in [1.165, 1.54) is 30.7 Å². The number of nitrogens with zero attached hydrogens (tertiary/aromatic N) is 2. The zero-order valence-corrected chi connectivity index (χ0v) is 13.9. The Bertz CT molecular complexity index is 987. The van der Waals surface area contributed by atoms with E-state index >= 15 is 0 Å². The van der Waals surface area contributed by atoms with Crippen molar-refractivity contribution in [3.63, 3.8) is 0 Å². The number of nitrogens with two attached hydrogens (primary N) is 1. The third-order valence-electron chi connectivity index (χ3n) is 4.39. The highest BCUT2D eigenvalue weighted by atomic mass is 32.2. The predicted molar refractivity (Wildman–Crippen MR) is 94.3 cm³/mol. The van der Waals surface area contributed by atoms with Crippen LogP contribution in [-0.2, 0) is 10.0 Å². The summed E-state index contributed by atoms with van der Waals surface area (Å²) in [5.41, 5.74) is 3.55. The van der Waals surface area contributed by atoms with Gasteiger partial charge in [-0.25, -0.2) is 18.5 Å². The number of aromatic nitrogens is 2. The fourth-order valence-corrected chi connectivity index (χ4v) is 3.65. The lowest BCUT2D eigenvalue weighted by atomic mass is 10.2. The number of benzene rings is 2. The highest BCUT2D eigenvalue weighted by molar-refractivity contribution is 7.89. The van der Waals surface area contributed by atoms with Gasteiger partial charge in [-0.15, -0.1) is 0 Å². The minimum atomic E-state index is -3.72. The van der Waals surface area contributed by atoms with Crippen molar-refractivity contribution in [1.82, 2.24) is 9.97 Å². The number of H-pyrrole nitrogens is 1. The van der Waals surface area contributed by atoms with E-state index in [2.05, 4.69) is 27.0 Å². The van der Waals surface area contributed by atoms with Gasteiger partial charge in [0.15, 0.2) is 0 Å². The second kappa shape index (κ2) is 5.61. The number of nitrogens with one attached hydrogen (secondary N) is 1. The lowest BCUT2D eigenvalue weighted by Crippen LogP contribution is -2.17. The van der Waals surface area contributed by atoms with Crippen molar-refractivity contribution in [2.75, 3.05) is 18.0 Å². The summed E-state index contributed by atoms with van der Waals surface area (Å²) >= 11 is 0. The van der Waals surface area contributed by atoms with Gasteiger partial charge in [0.2, 0.25) is 10.0 Å². The molecule has 124 valence electrons. The average molecular weight is 342 g/mol. The maximum Gasteiger partial charge on any atom is 0.238 e. The van der Waals surface area contributed by atoms with Crippen molar-refractivity contribution in [1.29, 1.82) is 0 Å². The highest BCUT2D eigenvalue weighted by Gasteiger charge is 2.14. The molecule has 1 aliphatic heterocycles. The molecule has 3 N–H and O–H groups in total. The third-order valence-corrected chi connectivity index (χ3v) is 5.30. The monoisotopic (exact) mass is 342 g/mol. The summed E-state index contributed by atoms with van der Waals surface area (Å²) in [7, 11) is -3.72. The van der Waals surface area contributed by atoms with Gasteiger partial charge in [0, 0.05) is 24.3 Å². The normalized spacial score (nSPS) is 15.3. The molecule has 3 aromatic rings. The van der Waals surface area contributed by atoms with Crippen molar-refractivity contribution >= 4 is 26.7 Å². The maximum absolute atomic E-state index is 11.5. The third kappa shape index (κ3) is 2.76. The standard InChI is InChI=1S/C17H18N4O2S/c18-24(22,23)14-7-8-15-16(11-14)20-17(19-15)12-3-5-13(6-4-12)21-9-1-2-10-21/h3-8,11H,1-2,9-10H2,(H,19,20)(H2,18,22,23). The van der Waals surface area contributed by atoms with Crippen LogP contribution >= 0.6 is 0 Å². The Kier molecular flexibility index (Phi) is 3.54. The molecule has 0 spiro atoms. The molecule has 0 unspecified atom stereocenters. The van der Waals surface area contributed by atoms with Gasteiger partial charge in [-0.3, -0.25) is 0 Å². The van der Waals surface area contributed by atoms with Crippen LogP contribution in [0.3, 0.4) is 0 Å². The van der Waals surface area contributed by atoms with Crippen molar-refractivity contribution in [3.05, 3.63) is 42.5 Å². The summed E-state index contributed by atoms with van der Waals surface area (Å²) in [4.78, 5) is 10.2. The fraction of sp³-hybridized carbons (Fsp3) is 0.235. The van der Waals surface area contributed by atoms with Crippen molar-refractivity contribution in [2.45, 2.75) is 17.7 Å². The minimum Gasteiger partial charge on any atom is -0.372 e. The number of aromatic amines is 1. The summed E-state index contributed by atoms with van der Waals surface area (Å²) in [6, 6.07) is 12.9. The molecule has 2 heterocycles. The van der Waals surface area contributed by atoms with Crippen LogP contribution in [0, 0.1) is 0 Å². The van der Waals surface area contributed by atoms with Crippen LogP contribution in [0.1, 0.15) is 12.8 Å². The Balaban J connectivity index is 1.68. The van der Waals surface area contributed by atoms with Crippen molar-refractivity contribution in [3.8, 4) is 11.4 Å². The quantitative estimate of drug-likeness (QED) is 0.765. The summed E-state index contributed by atoms with van der Waals surface area (Å²) in [6.45, 7) is 2.22. The SMILES string of the molecule is NS(=O)(=O)c1ccc2nc(-c3ccc(N4CCCC4)cc3)[nH]c2c1. The molecule has 7 heteroatoms. The van der Waals surface area contributed by atoms with Crippen LogP contribution in [0.2, 0.25) is 0 Å². The Morgan fingerprint density at radius 1 is 1.04 bits per heavy atom. The Hall–Kier alpha value is -2.38. The topological polar surface area (TPSA) is 92.1 Å². The number of fused-ring (bicyclic) bond motifs is 1. The minimum absolute atomic E-state index is 0.0783. The lowest BCUT2D eigenvalue weighted by molar-refractivity contribution is 0.598. The molecule has 1 aromatic heterocycles. The summed E-state index contributed by atoms with van der Waals surface area (Å²) in [6.07, 6.45) is 2.50. The molecule has 4 rings (SSSR count). The van der Waals surface area contributed by atoms with E-state index in [9.17, 15) is 8.42 Å². The molecule has 1 fully saturated rings. The summed E-state index contributed by atoms with van der Waals surface area (Å²) in [5.74, 6) is 0.713. The molecule has 0 amide bonds. The highest BCUT2D eigenvalue weighted by Crippen LogP contribution is 2.26. The second-order valence-electron chi connectivity index (χ2n) is 6.05. The van der Waals surface area contributed by atoms with Crippen LogP contribution in [0.15, 0.2) is 47.4 Å². The molecular formula is C17H18N4O2S. The first kappa shape index (κ1) is 15.2. The second-order valence-corrected chi connectivity index (χ2v) is 7.61. The van der Waals surface area contributed by atoms with E-state index in [-0.39, 0.29) is 4.90 Å². The summed E-state index contributed by atoms with van der Waals surface area (Å²) < 4.78 is 22.9.